The first-order valence-electron chi connectivity index (χ1n) is 6.02. The summed E-state index contributed by atoms with van der Waals surface area (Å²) in [7, 11) is 1.55. The van der Waals surface area contributed by atoms with E-state index < -0.39 is 10.8 Å². The van der Waals surface area contributed by atoms with Gasteiger partial charge in [0.1, 0.15) is 6.20 Å². The predicted molar refractivity (Wildman–Crippen MR) is 66.3 cm³/mol. The van der Waals surface area contributed by atoms with Crippen LogP contribution in [0.4, 0.5) is 5.69 Å². The molecule has 1 aromatic heterocycles. The molecule has 0 atom stereocenters. The van der Waals surface area contributed by atoms with Gasteiger partial charge in [-0.25, -0.2) is 0 Å². The summed E-state index contributed by atoms with van der Waals surface area (Å²) in [6.07, 6.45) is 5.40. The van der Waals surface area contributed by atoms with E-state index in [1.165, 1.54) is 10.9 Å². The smallest absolute Gasteiger partial charge is 0.320 e. The van der Waals surface area contributed by atoms with E-state index in [9.17, 15) is 14.9 Å². The molecular formula is C11H18N4O3. The van der Waals surface area contributed by atoms with Crippen LogP contribution in [-0.4, -0.2) is 27.2 Å². The van der Waals surface area contributed by atoms with Gasteiger partial charge in [0.2, 0.25) is 5.69 Å². The maximum absolute atomic E-state index is 11.7. The molecule has 1 amide bonds. The standard InChI is InChI=1S/C11H18N4O3/c1-3-4-5-6-7-12-11(16)10-9(15(17)18)8-14(2)13-10/h8H,3-7H2,1-2H3,(H,12,16). The van der Waals surface area contributed by atoms with Gasteiger partial charge in [-0.3, -0.25) is 19.6 Å². The quantitative estimate of drug-likeness (QED) is 0.455. The SMILES string of the molecule is CCCCCCNC(=O)c1nn(C)cc1[N+](=O)[O-]. The molecule has 100 valence electrons. The number of nitro groups is 1. The molecule has 7 heteroatoms. The van der Waals surface area contributed by atoms with Gasteiger partial charge in [-0.05, 0) is 6.42 Å². The van der Waals surface area contributed by atoms with E-state index in [0.29, 0.717) is 6.54 Å². The van der Waals surface area contributed by atoms with Crippen LogP contribution in [-0.2, 0) is 7.05 Å². The van der Waals surface area contributed by atoms with Gasteiger partial charge in [0.25, 0.3) is 5.91 Å². The van der Waals surface area contributed by atoms with Gasteiger partial charge in [0, 0.05) is 13.6 Å². The number of hydrogen-bond acceptors (Lipinski definition) is 4. The number of nitrogens with one attached hydrogen (secondary N) is 1. The number of rotatable bonds is 7. The van der Waals surface area contributed by atoms with Crippen LogP contribution in [0.15, 0.2) is 6.20 Å². The molecule has 1 aromatic rings. The van der Waals surface area contributed by atoms with Crippen LogP contribution in [0.1, 0.15) is 43.1 Å². The molecule has 0 aliphatic rings. The van der Waals surface area contributed by atoms with Crippen molar-refractivity contribution in [2.45, 2.75) is 32.6 Å². The number of amides is 1. The second-order valence-electron chi connectivity index (χ2n) is 4.11. The molecule has 7 nitrogen and oxygen atoms in total. The topological polar surface area (TPSA) is 90.1 Å². The molecule has 0 radical (unpaired) electrons. The number of carbonyl (C=O) groups excluding carboxylic acids is 1. The Morgan fingerprint density at radius 3 is 2.83 bits per heavy atom. The summed E-state index contributed by atoms with van der Waals surface area (Å²) < 4.78 is 1.27. The first kappa shape index (κ1) is 14.1. The fourth-order valence-corrected chi connectivity index (χ4v) is 1.61. The van der Waals surface area contributed by atoms with Crippen molar-refractivity contribution in [1.29, 1.82) is 0 Å². The van der Waals surface area contributed by atoms with E-state index in [4.69, 9.17) is 0 Å². The Balaban J connectivity index is 2.53. The Morgan fingerprint density at radius 1 is 1.50 bits per heavy atom. The molecule has 0 aromatic carbocycles. The van der Waals surface area contributed by atoms with Gasteiger partial charge in [-0.15, -0.1) is 0 Å². The van der Waals surface area contributed by atoms with Crippen LogP contribution >= 0.6 is 0 Å². The van der Waals surface area contributed by atoms with Crippen molar-refractivity contribution in [3.05, 3.63) is 22.0 Å². The highest BCUT2D eigenvalue weighted by Gasteiger charge is 2.24. The summed E-state index contributed by atoms with van der Waals surface area (Å²) >= 11 is 0. The van der Waals surface area contributed by atoms with E-state index in [-0.39, 0.29) is 11.4 Å². The van der Waals surface area contributed by atoms with Crippen LogP contribution in [0.25, 0.3) is 0 Å². The minimum absolute atomic E-state index is 0.127. The zero-order valence-corrected chi connectivity index (χ0v) is 10.7. The summed E-state index contributed by atoms with van der Waals surface area (Å²) in [5.74, 6) is -0.487. The molecule has 0 fully saturated rings. The Labute approximate surface area is 105 Å². The normalized spacial score (nSPS) is 10.3. The van der Waals surface area contributed by atoms with Crippen LogP contribution in [0, 0.1) is 10.1 Å². The summed E-state index contributed by atoms with van der Waals surface area (Å²) in [6, 6.07) is 0. The van der Waals surface area contributed by atoms with Gasteiger partial charge in [-0.2, -0.15) is 5.10 Å². The zero-order valence-electron chi connectivity index (χ0n) is 10.7. The fourth-order valence-electron chi connectivity index (χ4n) is 1.61. The predicted octanol–water partition coefficient (Wildman–Crippen LogP) is 1.64. The second-order valence-corrected chi connectivity index (χ2v) is 4.11. The average molecular weight is 254 g/mol. The minimum atomic E-state index is -0.598. The van der Waals surface area contributed by atoms with Crippen LogP contribution in [0.2, 0.25) is 0 Å². The fraction of sp³-hybridized carbons (Fsp3) is 0.636. The highest BCUT2D eigenvalue weighted by Crippen LogP contribution is 2.15. The molecule has 0 bridgehead atoms. The Hall–Kier alpha value is -1.92. The van der Waals surface area contributed by atoms with Gasteiger partial charge in [-0.1, -0.05) is 26.2 Å². The second kappa shape index (κ2) is 6.73. The lowest BCUT2D eigenvalue weighted by atomic mass is 10.2. The largest absolute Gasteiger partial charge is 0.350 e. The Morgan fingerprint density at radius 2 is 2.22 bits per heavy atom. The zero-order chi connectivity index (χ0) is 13.5. The number of nitrogens with zero attached hydrogens (tertiary/aromatic N) is 3. The number of aryl methyl sites for hydroxylation is 1. The lowest BCUT2D eigenvalue weighted by molar-refractivity contribution is -0.385. The first-order valence-corrected chi connectivity index (χ1v) is 6.02. The molecule has 0 unspecified atom stereocenters. The number of aromatic nitrogens is 2. The maximum atomic E-state index is 11.7. The van der Waals surface area contributed by atoms with E-state index in [1.807, 2.05) is 0 Å². The summed E-state index contributed by atoms with van der Waals surface area (Å²) in [5.41, 5.74) is -0.387. The first-order chi connectivity index (χ1) is 8.56. The molecule has 0 saturated carbocycles. The highest BCUT2D eigenvalue weighted by atomic mass is 16.6. The molecule has 0 aliphatic heterocycles. The highest BCUT2D eigenvalue weighted by molar-refractivity contribution is 5.95. The molecule has 1 N–H and O–H groups in total. The van der Waals surface area contributed by atoms with E-state index >= 15 is 0 Å². The Bertz CT molecular complexity index is 428. The van der Waals surface area contributed by atoms with Crippen LogP contribution in [0.5, 0.6) is 0 Å². The molecule has 1 heterocycles. The Kier molecular flexibility index (Phi) is 5.29. The number of unbranched alkanes of at least 4 members (excludes halogenated alkanes) is 3. The third kappa shape index (κ3) is 3.83. The lowest BCUT2D eigenvalue weighted by Crippen LogP contribution is -2.25. The maximum Gasteiger partial charge on any atom is 0.320 e. The van der Waals surface area contributed by atoms with Crippen molar-refractivity contribution < 1.29 is 9.72 Å². The van der Waals surface area contributed by atoms with Gasteiger partial charge in [0.15, 0.2) is 0 Å². The van der Waals surface area contributed by atoms with Gasteiger partial charge in [0.05, 0.1) is 4.92 Å². The van der Waals surface area contributed by atoms with Crippen molar-refractivity contribution in [2.75, 3.05) is 6.54 Å². The van der Waals surface area contributed by atoms with E-state index in [0.717, 1.165) is 25.7 Å². The van der Waals surface area contributed by atoms with Crippen molar-refractivity contribution in [1.82, 2.24) is 15.1 Å². The van der Waals surface area contributed by atoms with E-state index in [1.54, 1.807) is 7.05 Å². The van der Waals surface area contributed by atoms with Crippen LogP contribution < -0.4 is 5.32 Å². The average Bonchev–Trinajstić information content (AvgIpc) is 2.71. The monoisotopic (exact) mass is 254 g/mol. The lowest BCUT2D eigenvalue weighted by Gasteiger charge is -2.02. The van der Waals surface area contributed by atoms with Crippen molar-refractivity contribution in [3.63, 3.8) is 0 Å². The summed E-state index contributed by atoms with van der Waals surface area (Å²) in [6.45, 7) is 2.63. The molecule has 1 rings (SSSR count). The summed E-state index contributed by atoms with van der Waals surface area (Å²) in [5, 5.41) is 17.2. The van der Waals surface area contributed by atoms with Gasteiger partial charge < -0.3 is 5.32 Å². The van der Waals surface area contributed by atoms with Crippen LogP contribution in [0.3, 0.4) is 0 Å². The van der Waals surface area contributed by atoms with Gasteiger partial charge >= 0.3 is 5.69 Å². The minimum Gasteiger partial charge on any atom is -0.350 e. The molecule has 18 heavy (non-hydrogen) atoms. The number of carbonyl (C=O) groups is 1. The van der Waals surface area contributed by atoms with E-state index in [2.05, 4.69) is 17.3 Å². The molecular weight excluding hydrogens is 236 g/mol. The third-order valence-corrected chi connectivity index (χ3v) is 2.54. The third-order valence-electron chi connectivity index (χ3n) is 2.54. The summed E-state index contributed by atoms with van der Waals surface area (Å²) in [4.78, 5) is 21.9. The molecule has 0 spiro atoms. The van der Waals surface area contributed by atoms with Crippen molar-refractivity contribution in [2.24, 2.45) is 7.05 Å². The van der Waals surface area contributed by atoms with Crippen molar-refractivity contribution in [3.8, 4) is 0 Å². The van der Waals surface area contributed by atoms with Crippen molar-refractivity contribution >= 4 is 11.6 Å². The molecule has 0 saturated heterocycles. The molecule has 0 aliphatic carbocycles. The number of hydrogen-bond donors (Lipinski definition) is 1.